The van der Waals surface area contributed by atoms with Gasteiger partial charge in [0.1, 0.15) is 16.7 Å². The molecule has 2 atom stereocenters. The Kier molecular flexibility index (Phi) is 5.16. The number of amides is 1. The van der Waals surface area contributed by atoms with E-state index >= 15 is 0 Å². The van der Waals surface area contributed by atoms with Crippen LogP contribution in [0.25, 0.3) is 0 Å². The predicted molar refractivity (Wildman–Crippen MR) is 91.5 cm³/mol. The van der Waals surface area contributed by atoms with E-state index in [1.165, 1.54) is 26.1 Å². The van der Waals surface area contributed by atoms with Crippen molar-refractivity contribution in [2.24, 2.45) is 0 Å². The van der Waals surface area contributed by atoms with E-state index in [9.17, 15) is 23.5 Å². The lowest BCUT2D eigenvalue weighted by molar-refractivity contribution is -0.155. The molecule has 1 aliphatic rings. The number of Topliss-reactive ketones (excluding diaryl/α,β-unsaturated/α-hetero) is 1. The average molecular weight is 369 g/mol. The van der Waals surface area contributed by atoms with Crippen LogP contribution >= 0.6 is 0 Å². The van der Waals surface area contributed by atoms with E-state index in [-0.39, 0.29) is 18.4 Å². The second-order valence-electron chi connectivity index (χ2n) is 7.96. The van der Waals surface area contributed by atoms with Crippen molar-refractivity contribution in [1.82, 2.24) is 4.90 Å². The fourth-order valence-electron chi connectivity index (χ4n) is 3.43. The van der Waals surface area contributed by atoms with Gasteiger partial charge < -0.3 is 9.84 Å². The summed E-state index contributed by atoms with van der Waals surface area (Å²) in [6.07, 6.45) is -0.278. The van der Waals surface area contributed by atoms with Crippen molar-refractivity contribution < 1.29 is 28.2 Å². The Morgan fingerprint density at radius 3 is 2.46 bits per heavy atom. The number of hydrogen-bond acceptors (Lipinski definition) is 4. The highest BCUT2D eigenvalue weighted by Gasteiger charge is 2.56. The van der Waals surface area contributed by atoms with Crippen molar-refractivity contribution in [3.8, 4) is 0 Å². The van der Waals surface area contributed by atoms with Crippen LogP contribution in [0.3, 0.4) is 0 Å². The van der Waals surface area contributed by atoms with Crippen LogP contribution in [0.2, 0.25) is 0 Å². The third kappa shape index (κ3) is 3.45. The number of aliphatic hydroxyl groups is 1. The summed E-state index contributed by atoms with van der Waals surface area (Å²) in [6.45, 7) is 6.30. The van der Waals surface area contributed by atoms with Gasteiger partial charge >= 0.3 is 6.09 Å². The fourth-order valence-corrected chi connectivity index (χ4v) is 3.43. The van der Waals surface area contributed by atoms with Gasteiger partial charge in [-0.05, 0) is 53.0 Å². The fraction of sp³-hybridized carbons (Fsp3) is 0.579. The van der Waals surface area contributed by atoms with Gasteiger partial charge in [-0.25, -0.2) is 13.6 Å². The van der Waals surface area contributed by atoms with E-state index in [4.69, 9.17) is 4.74 Å². The van der Waals surface area contributed by atoms with Crippen molar-refractivity contribution in [2.45, 2.75) is 63.7 Å². The number of nitrogens with zero attached hydrogens (tertiary/aromatic N) is 1. The summed E-state index contributed by atoms with van der Waals surface area (Å²) in [4.78, 5) is 26.8. The lowest BCUT2D eigenvalue weighted by atomic mass is 9.68. The van der Waals surface area contributed by atoms with Crippen LogP contribution in [0.1, 0.15) is 52.5 Å². The minimum absolute atomic E-state index is 0.0537. The Labute approximate surface area is 151 Å². The first-order chi connectivity index (χ1) is 11.8. The van der Waals surface area contributed by atoms with Crippen LogP contribution < -0.4 is 0 Å². The summed E-state index contributed by atoms with van der Waals surface area (Å²) in [7, 11) is 1.30. The van der Waals surface area contributed by atoms with Crippen molar-refractivity contribution >= 4 is 11.9 Å². The normalized spacial score (nSPS) is 26.5. The number of hydrogen-bond donors (Lipinski definition) is 1. The molecule has 1 aliphatic carbocycles. The number of benzene rings is 1. The molecule has 26 heavy (non-hydrogen) atoms. The highest BCUT2D eigenvalue weighted by molar-refractivity contribution is 5.99. The summed E-state index contributed by atoms with van der Waals surface area (Å²) in [5.41, 5.74) is -4.74. The van der Waals surface area contributed by atoms with E-state index in [0.717, 1.165) is 11.0 Å². The molecule has 0 saturated heterocycles. The smallest absolute Gasteiger partial charge is 0.411 e. The summed E-state index contributed by atoms with van der Waals surface area (Å²) in [5.74, 6) is -3.10. The maximum atomic E-state index is 14.6. The lowest BCUT2D eigenvalue weighted by Crippen LogP contribution is -2.62. The number of carbonyl (C=O) groups excluding carboxylic acids is 2. The first-order valence-electron chi connectivity index (χ1n) is 8.51. The Morgan fingerprint density at radius 1 is 1.27 bits per heavy atom. The molecule has 0 bridgehead atoms. The zero-order chi connectivity index (χ0) is 19.9. The van der Waals surface area contributed by atoms with Gasteiger partial charge in [-0.15, -0.1) is 0 Å². The average Bonchev–Trinajstić information content (AvgIpc) is 2.51. The van der Waals surface area contributed by atoms with Crippen LogP contribution in [0.4, 0.5) is 13.6 Å². The number of likely N-dealkylation sites (N-methyl/N-ethyl adjacent to an activating group) is 1. The predicted octanol–water partition coefficient (Wildman–Crippen LogP) is 3.53. The third-order valence-electron chi connectivity index (χ3n) is 4.70. The zero-order valence-corrected chi connectivity index (χ0v) is 15.7. The maximum Gasteiger partial charge on any atom is 0.411 e. The molecule has 1 aromatic rings. The topological polar surface area (TPSA) is 66.8 Å². The largest absolute Gasteiger partial charge is 0.444 e. The van der Waals surface area contributed by atoms with E-state index < -0.39 is 40.3 Å². The van der Waals surface area contributed by atoms with Crippen molar-refractivity contribution in [1.29, 1.82) is 0 Å². The molecule has 5 nitrogen and oxygen atoms in total. The lowest BCUT2D eigenvalue weighted by Gasteiger charge is -2.47. The van der Waals surface area contributed by atoms with Gasteiger partial charge in [0, 0.05) is 12.6 Å². The molecular weight excluding hydrogens is 344 g/mol. The van der Waals surface area contributed by atoms with Gasteiger partial charge in [0.25, 0.3) is 0 Å². The highest BCUT2D eigenvalue weighted by Crippen LogP contribution is 2.44. The summed E-state index contributed by atoms with van der Waals surface area (Å²) in [5, 5.41) is 10.5. The summed E-state index contributed by atoms with van der Waals surface area (Å²) >= 11 is 0. The standard InChI is InChI=1S/C19H25F2NO4/c1-17(2,3)26-16(24)22(5)19(11-7-10-18(4,25)15(19)23)12-8-6-9-13(20)14(12)21/h6,8-9,25H,7,10-11H2,1-5H3/t18-,19+/m0/s1. The van der Waals surface area contributed by atoms with Crippen LogP contribution in [0.15, 0.2) is 18.2 Å². The SMILES string of the molecule is CN(C(=O)OC(C)(C)C)[C@@]1(c2cccc(F)c2F)CCC[C@](C)(O)C1=O. The molecule has 7 heteroatoms. The van der Waals surface area contributed by atoms with E-state index in [1.807, 2.05) is 0 Å². The van der Waals surface area contributed by atoms with E-state index in [2.05, 4.69) is 0 Å². The molecule has 1 aromatic carbocycles. The Bertz CT molecular complexity index is 727. The van der Waals surface area contributed by atoms with Gasteiger partial charge in [0.05, 0.1) is 0 Å². The second kappa shape index (κ2) is 6.61. The first-order valence-corrected chi connectivity index (χ1v) is 8.51. The van der Waals surface area contributed by atoms with Gasteiger partial charge in [-0.2, -0.15) is 0 Å². The minimum Gasteiger partial charge on any atom is -0.444 e. The molecule has 1 saturated carbocycles. The van der Waals surface area contributed by atoms with Gasteiger partial charge in [-0.1, -0.05) is 12.1 Å². The molecular formula is C19H25F2NO4. The molecule has 1 fully saturated rings. The maximum absolute atomic E-state index is 14.6. The van der Waals surface area contributed by atoms with Gasteiger partial charge in [0.2, 0.25) is 0 Å². The summed E-state index contributed by atoms with van der Waals surface area (Å²) in [6, 6.07) is 3.47. The van der Waals surface area contributed by atoms with E-state index in [1.54, 1.807) is 20.8 Å². The first kappa shape index (κ1) is 20.3. The molecule has 0 spiro atoms. The van der Waals surface area contributed by atoms with Crippen molar-refractivity contribution in [3.05, 3.63) is 35.4 Å². The van der Waals surface area contributed by atoms with Crippen molar-refractivity contribution in [2.75, 3.05) is 7.05 Å². The quantitative estimate of drug-likeness (QED) is 0.866. The van der Waals surface area contributed by atoms with Crippen LogP contribution in [0.5, 0.6) is 0 Å². The van der Waals surface area contributed by atoms with Gasteiger partial charge in [0.15, 0.2) is 17.4 Å². The monoisotopic (exact) mass is 369 g/mol. The van der Waals surface area contributed by atoms with E-state index in [0.29, 0.717) is 6.42 Å². The summed E-state index contributed by atoms with van der Waals surface area (Å²) < 4.78 is 33.8. The van der Waals surface area contributed by atoms with Crippen LogP contribution in [-0.2, 0) is 15.1 Å². The number of ketones is 1. The van der Waals surface area contributed by atoms with Crippen LogP contribution in [0, 0.1) is 11.6 Å². The molecule has 0 aromatic heterocycles. The molecule has 1 N–H and O–H groups in total. The molecule has 0 radical (unpaired) electrons. The molecule has 0 aliphatic heterocycles. The Hall–Kier alpha value is -2.02. The number of carbonyl (C=O) groups is 2. The van der Waals surface area contributed by atoms with Crippen molar-refractivity contribution in [3.63, 3.8) is 0 Å². The molecule has 1 amide bonds. The highest BCUT2D eigenvalue weighted by atomic mass is 19.2. The number of rotatable bonds is 2. The minimum atomic E-state index is -1.85. The Balaban J connectivity index is 2.65. The van der Waals surface area contributed by atoms with Gasteiger partial charge in [-0.3, -0.25) is 9.69 Å². The Morgan fingerprint density at radius 2 is 1.88 bits per heavy atom. The van der Waals surface area contributed by atoms with Crippen LogP contribution in [-0.4, -0.2) is 40.1 Å². The number of halogens is 2. The second-order valence-corrected chi connectivity index (χ2v) is 7.96. The zero-order valence-electron chi connectivity index (χ0n) is 15.7. The third-order valence-corrected chi connectivity index (χ3v) is 4.70. The molecule has 0 heterocycles. The molecule has 2 rings (SSSR count). The molecule has 0 unspecified atom stereocenters. The molecule has 144 valence electrons. The number of ether oxygens (including phenoxy) is 1.